The number of carbonyl (C=O) groups is 1. The van der Waals surface area contributed by atoms with Crippen molar-refractivity contribution in [3.8, 4) is 0 Å². The van der Waals surface area contributed by atoms with Crippen molar-refractivity contribution in [2.24, 2.45) is 11.3 Å². The average Bonchev–Trinajstić information content (AvgIpc) is 2.84. The minimum Gasteiger partial charge on any atom is -0.341 e. The van der Waals surface area contributed by atoms with Crippen molar-refractivity contribution in [1.82, 2.24) is 10.2 Å². The molecule has 0 bridgehead atoms. The Morgan fingerprint density at radius 1 is 1.29 bits per heavy atom. The molecule has 1 N–H and O–H groups in total. The van der Waals surface area contributed by atoms with E-state index in [1.807, 2.05) is 11.8 Å². The molecule has 2 atom stereocenters. The van der Waals surface area contributed by atoms with Gasteiger partial charge in [-0.2, -0.15) is 11.8 Å². The van der Waals surface area contributed by atoms with Crippen LogP contribution in [0.25, 0.3) is 0 Å². The van der Waals surface area contributed by atoms with Crippen molar-refractivity contribution >= 4 is 17.7 Å². The third-order valence-electron chi connectivity index (χ3n) is 4.76. The summed E-state index contributed by atoms with van der Waals surface area (Å²) >= 11 is 1.98. The van der Waals surface area contributed by atoms with E-state index in [1.165, 1.54) is 19.3 Å². The first-order chi connectivity index (χ1) is 8.33. The molecule has 1 saturated carbocycles. The summed E-state index contributed by atoms with van der Waals surface area (Å²) in [5.74, 6) is 3.32. The Morgan fingerprint density at radius 2 is 2.12 bits per heavy atom. The van der Waals surface area contributed by atoms with Gasteiger partial charge in [-0.15, -0.1) is 0 Å². The van der Waals surface area contributed by atoms with E-state index >= 15 is 0 Å². The van der Waals surface area contributed by atoms with Crippen LogP contribution >= 0.6 is 11.8 Å². The number of hydrogen-bond acceptors (Lipinski definition) is 3. The number of fused-ring (bicyclic) bond motifs is 1. The van der Waals surface area contributed by atoms with Gasteiger partial charge >= 0.3 is 0 Å². The topological polar surface area (TPSA) is 32.3 Å². The van der Waals surface area contributed by atoms with Gasteiger partial charge in [0.1, 0.15) is 0 Å². The predicted molar refractivity (Wildman–Crippen MR) is 71.2 cm³/mol. The Bertz CT molecular complexity index is 304. The first-order valence-electron chi connectivity index (χ1n) is 6.91. The Hall–Kier alpha value is -0.220. The maximum atomic E-state index is 12.8. The molecule has 0 radical (unpaired) electrons. The van der Waals surface area contributed by atoms with Crippen molar-refractivity contribution < 1.29 is 4.79 Å². The maximum absolute atomic E-state index is 12.8. The standard InChI is InChI=1S/C13H22N2OS/c16-12(15-5-7-17-8-6-15)13-4-2-1-3-11(13)9-14-10-13/h11,14H,1-10H2/t11-,13+/m0/s1. The van der Waals surface area contributed by atoms with E-state index in [2.05, 4.69) is 10.2 Å². The molecule has 96 valence electrons. The highest BCUT2D eigenvalue weighted by molar-refractivity contribution is 7.99. The van der Waals surface area contributed by atoms with Gasteiger partial charge in [-0.3, -0.25) is 4.79 Å². The van der Waals surface area contributed by atoms with E-state index < -0.39 is 0 Å². The number of rotatable bonds is 1. The second-order valence-corrected chi connectivity index (χ2v) is 6.86. The van der Waals surface area contributed by atoms with Crippen LogP contribution in [0.2, 0.25) is 0 Å². The first-order valence-corrected chi connectivity index (χ1v) is 8.06. The van der Waals surface area contributed by atoms with Crippen molar-refractivity contribution in [1.29, 1.82) is 0 Å². The largest absolute Gasteiger partial charge is 0.341 e. The number of amides is 1. The van der Waals surface area contributed by atoms with Crippen LogP contribution in [0.4, 0.5) is 0 Å². The van der Waals surface area contributed by atoms with Crippen molar-refractivity contribution in [3.63, 3.8) is 0 Å². The van der Waals surface area contributed by atoms with Crippen molar-refractivity contribution in [3.05, 3.63) is 0 Å². The molecule has 1 amide bonds. The van der Waals surface area contributed by atoms with Crippen LogP contribution in [-0.2, 0) is 4.79 Å². The van der Waals surface area contributed by atoms with Crippen LogP contribution in [0.15, 0.2) is 0 Å². The molecule has 3 aliphatic rings. The molecule has 0 aromatic heterocycles. The zero-order valence-electron chi connectivity index (χ0n) is 10.4. The highest BCUT2D eigenvalue weighted by Gasteiger charge is 2.51. The SMILES string of the molecule is O=C(N1CCSCC1)[C@@]12CCCC[C@H]1CNC2. The van der Waals surface area contributed by atoms with E-state index in [1.54, 1.807) is 0 Å². The van der Waals surface area contributed by atoms with E-state index in [0.717, 1.165) is 44.1 Å². The molecule has 3 fully saturated rings. The molecule has 2 aliphatic heterocycles. The quantitative estimate of drug-likeness (QED) is 0.766. The number of nitrogens with one attached hydrogen (secondary N) is 1. The van der Waals surface area contributed by atoms with Gasteiger partial charge in [0.15, 0.2) is 0 Å². The fourth-order valence-electron chi connectivity index (χ4n) is 3.75. The predicted octanol–water partition coefficient (Wildman–Crippen LogP) is 1.34. The van der Waals surface area contributed by atoms with E-state index in [0.29, 0.717) is 11.8 Å². The molecular weight excluding hydrogens is 232 g/mol. The van der Waals surface area contributed by atoms with E-state index in [9.17, 15) is 4.79 Å². The lowest BCUT2D eigenvalue weighted by atomic mass is 9.67. The number of nitrogens with zero attached hydrogens (tertiary/aromatic N) is 1. The third-order valence-corrected chi connectivity index (χ3v) is 5.70. The molecule has 0 aromatic rings. The summed E-state index contributed by atoms with van der Waals surface area (Å²) < 4.78 is 0. The van der Waals surface area contributed by atoms with Gasteiger partial charge in [0.25, 0.3) is 0 Å². The average molecular weight is 254 g/mol. The zero-order chi connectivity index (χ0) is 11.7. The summed E-state index contributed by atoms with van der Waals surface area (Å²) in [7, 11) is 0. The number of hydrogen-bond donors (Lipinski definition) is 1. The van der Waals surface area contributed by atoms with Crippen LogP contribution in [0.5, 0.6) is 0 Å². The summed E-state index contributed by atoms with van der Waals surface area (Å²) in [5.41, 5.74) is -0.0275. The normalized spacial score (nSPS) is 37.9. The molecule has 3 nitrogen and oxygen atoms in total. The second kappa shape index (κ2) is 4.81. The monoisotopic (exact) mass is 254 g/mol. The molecule has 1 aliphatic carbocycles. The van der Waals surface area contributed by atoms with Gasteiger partial charge < -0.3 is 10.2 Å². The van der Waals surface area contributed by atoms with Crippen molar-refractivity contribution in [2.45, 2.75) is 25.7 Å². The lowest BCUT2D eigenvalue weighted by molar-refractivity contribution is -0.145. The molecule has 4 heteroatoms. The maximum Gasteiger partial charge on any atom is 0.230 e. The van der Waals surface area contributed by atoms with Crippen LogP contribution in [0, 0.1) is 11.3 Å². The van der Waals surface area contributed by atoms with Gasteiger partial charge in [-0.25, -0.2) is 0 Å². The molecule has 2 saturated heterocycles. The summed E-state index contributed by atoms with van der Waals surface area (Å²) in [6.07, 6.45) is 4.93. The molecule has 0 unspecified atom stereocenters. The minimum atomic E-state index is -0.0275. The van der Waals surface area contributed by atoms with Gasteiger partial charge in [0.05, 0.1) is 5.41 Å². The van der Waals surface area contributed by atoms with Gasteiger partial charge in [-0.05, 0) is 25.3 Å². The Morgan fingerprint density at radius 3 is 2.94 bits per heavy atom. The van der Waals surface area contributed by atoms with Crippen LogP contribution in [0.3, 0.4) is 0 Å². The Balaban J connectivity index is 1.77. The summed E-state index contributed by atoms with van der Waals surface area (Å²) in [6, 6.07) is 0. The van der Waals surface area contributed by atoms with Gasteiger partial charge in [0, 0.05) is 31.1 Å². The van der Waals surface area contributed by atoms with Crippen LogP contribution in [0.1, 0.15) is 25.7 Å². The molecule has 3 rings (SSSR count). The second-order valence-electron chi connectivity index (χ2n) is 5.63. The Labute approximate surface area is 108 Å². The minimum absolute atomic E-state index is 0.0275. The summed E-state index contributed by atoms with van der Waals surface area (Å²) in [5, 5.41) is 3.47. The highest BCUT2D eigenvalue weighted by atomic mass is 32.2. The number of thioether (sulfide) groups is 1. The van der Waals surface area contributed by atoms with E-state index in [4.69, 9.17) is 0 Å². The fraction of sp³-hybridized carbons (Fsp3) is 0.923. The summed E-state index contributed by atoms with van der Waals surface area (Å²) in [6.45, 7) is 3.93. The lowest BCUT2D eigenvalue weighted by Gasteiger charge is -2.41. The fourth-order valence-corrected chi connectivity index (χ4v) is 4.65. The van der Waals surface area contributed by atoms with Crippen molar-refractivity contribution in [2.75, 3.05) is 37.7 Å². The molecule has 0 aromatic carbocycles. The van der Waals surface area contributed by atoms with Crippen LogP contribution in [-0.4, -0.2) is 48.5 Å². The van der Waals surface area contributed by atoms with Gasteiger partial charge in [0.2, 0.25) is 5.91 Å². The van der Waals surface area contributed by atoms with Crippen LogP contribution < -0.4 is 5.32 Å². The third kappa shape index (κ3) is 1.99. The molecule has 17 heavy (non-hydrogen) atoms. The highest BCUT2D eigenvalue weighted by Crippen LogP contribution is 2.45. The molecule has 0 spiro atoms. The lowest BCUT2D eigenvalue weighted by Crippen LogP contribution is -2.51. The van der Waals surface area contributed by atoms with E-state index in [-0.39, 0.29) is 5.41 Å². The van der Waals surface area contributed by atoms with Gasteiger partial charge in [-0.1, -0.05) is 12.8 Å². The first kappa shape index (κ1) is 11.8. The smallest absolute Gasteiger partial charge is 0.230 e. The Kier molecular flexibility index (Phi) is 3.35. The number of carbonyl (C=O) groups excluding carboxylic acids is 1. The molecular formula is C13H22N2OS. The molecule has 2 heterocycles. The summed E-state index contributed by atoms with van der Waals surface area (Å²) in [4.78, 5) is 15.0. The zero-order valence-corrected chi connectivity index (χ0v) is 11.2.